The van der Waals surface area contributed by atoms with E-state index < -0.39 is 11.2 Å². The van der Waals surface area contributed by atoms with E-state index in [2.05, 4.69) is 10.3 Å². The lowest BCUT2D eigenvalue weighted by molar-refractivity contribution is -0.121. The minimum absolute atomic E-state index is 0.0766. The largest absolute Gasteiger partial charge is 0.497 e. The molecule has 9 nitrogen and oxygen atoms in total. The van der Waals surface area contributed by atoms with Gasteiger partial charge in [-0.15, -0.1) is 0 Å². The standard InChI is InChI=1S/C29H26N4O5S/c1-17-3-5-18(6-4-17)23-15-24(19-9-13-22(38-2)14-10-19)33(32-23)29-31-27(35)25(39-29)16-26(34)30-21-11-7-20(8-12-21)28(36)37/h3-14,24-25H,15-16H2,1-2H3,(H,30,34)(H,36,37)/t24-,25+/m0/s1. The number of hydrogen-bond donors (Lipinski definition) is 2. The Bertz CT molecular complexity index is 1470. The third kappa shape index (κ3) is 5.85. The van der Waals surface area contributed by atoms with E-state index in [1.165, 1.54) is 36.0 Å². The summed E-state index contributed by atoms with van der Waals surface area (Å²) in [5, 5.41) is 18.2. The first kappa shape index (κ1) is 26.2. The zero-order chi connectivity index (χ0) is 27.5. The molecule has 2 aliphatic rings. The van der Waals surface area contributed by atoms with Gasteiger partial charge in [-0.2, -0.15) is 10.1 Å². The second kappa shape index (κ2) is 11.1. The van der Waals surface area contributed by atoms with E-state index in [-0.39, 0.29) is 29.8 Å². The molecule has 2 atom stereocenters. The monoisotopic (exact) mass is 542 g/mol. The molecule has 198 valence electrons. The Morgan fingerprint density at radius 2 is 1.74 bits per heavy atom. The highest BCUT2D eigenvalue weighted by Gasteiger charge is 2.39. The molecule has 2 aliphatic heterocycles. The molecule has 0 saturated carbocycles. The number of carboxylic acid groups (broad SMARTS) is 1. The predicted molar refractivity (Wildman–Crippen MR) is 150 cm³/mol. The number of carboxylic acids is 1. The minimum Gasteiger partial charge on any atom is -0.497 e. The molecule has 2 heterocycles. The quantitative estimate of drug-likeness (QED) is 0.437. The van der Waals surface area contributed by atoms with E-state index in [0.29, 0.717) is 17.3 Å². The van der Waals surface area contributed by atoms with E-state index >= 15 is 0 Å². The van der Waals surface area contributed by atoms with E-state index in [0.717, 1.165) is 28.2 Å². The Labute approximate surface area is 229 Å². The molecule has 0 aliphatic carbocycles. The number of nitrogens with zero attached hydrogens (tertiary/aromatic N) is 3. The number of hydrazone groups is 1. The minimum atomic E-state index is -1.05. The molecule has 0 spiro atoms. The van der Waals surface area contributed by atoms with Gasteiger partial charge in [-0.1, -0.05) is 53.7 Å². The van der Waals surface area contributed by atoms with Crippen LogP contribution in [0.1, 0.15) is 45.9 Å². The summed E-state index contributed by atoms with van der Waals surface area (Å²) >= 11 is 1.22. The number of methoxy groups -OCH3 is 1. The van der Waals surface area contributed by atoms with Gasteiger partial charge in [-0.05, 0) is 54.4 Å². The van der Waals surface area contributed by atoms with Crippen LogP contribution in [0, 0.1) is 6.92 Å². The SMILES string of the molecule is COc1ccc([C@@H]2CC(c3ccc(C)cc3)=NN2C2=NC(=O)[C@@H](CC(=O)Nc3ccc(C(=O)O)cc3)S2)cc1. The van der Waals surface area contributed by atoms with E-state index in [1.54, 1.807) is 12.1 Å². The predicted octanol–water partition coefficient (Wildman–Crippen LogP) is 4.88. The van der Waals surface area contributed by atoms with Gasteiger partial charge in [-0.3, -0.25) is 9.59 Å². The lowest BCUT2D eigenvalue weighted by Gasteiger charge is -2.23. The van der Waals surface area contributed by atoms with Crippen LogP contribution < -0.4 is 10.1 Å². The average molecular weight is 543 g/mol. The Morgan fingerprint density at radius 1 is 1.05 bits per heavy atom. The lowest BCUT2D eigenvalue weighted by Crippen LogP contribution is -2.25. The van der Waals surface area contributed by atoms with Crippen molar-refractivity contribution in [2.24, 2.45) is 10.1 Å². The van der Waals surface area contributed by atoms with Crippen LogP contribution in [0.15, 0.2) is 82.9 Å². The zero-order valence-corrected chi connectivity index (χ0v) is 22.1. The number of anilines is 1. The van der Waals surface area contributed by atoms with Crippen molar-refractivity contribution in [1.82, 2.24) is 5.01 Å². The maximum atomic E-state index is 12.8. The fourth-order valence-corrected chi connectivity index (χ4v) is 5.44. The first-order chi connectivity index (χ1) is 18.8. The number of hydrogen-bond acceptors (Lipinski definition) is 7. The summed E-state index contributed by atoms with van der Waals surface area (Å²) in [5.41, 5.74) is 4.62. The number of carbonyl (C=O) groups is 3. The van der Waals surface area contributed by atoms with Crippen LogP contribution in [0.4, 0.5) is 5.69 Å². The summed E-state index contributed by atoms with van der Waals surface area (Å²) in [4.78, 5) is 40.8. The summed E-state index contributed by atoms with van der Waals surface area (Å²) in [6.07, 6.45) is 0.549. The summed E-state index contributed by atoms with van der Waals surface area (Å²) in [7, 11) is 1.62. The molecule has 10 heteroatoms. The molecule has 0 aromatic heterocycles. The van der Waals surface area contributed by atoms with Crippen molar-refractivity contribution in [2.75, 3.05) is 12.4 Å². The van der Waals surface area contributed by atoms with Crippen molar-refractivity contribution in [1.29, 1.82) is 0 Å². The van der Waals surface area contributed by atoms with Crippen LogP contribution in [0.3, 0.4) is 0 Å². The molecule has 3 aromatic rings. The Balaban J connectivity index is 1.32. The van der Waals surface area contributed by atoms with E-state index in [1.807, 2.05) is 55.5 Å². The highest BCUT2D eigenvalue weighted by Crippen LogP contribution is 2.39. The van der Waals surface area contributed by atoms with Crippen molar-refractivity contribution in [3.8, 4) is 5.75 Å². The summed E-state index contributed by atoms with van der Waals surface area (Å²) in [6.45, 7) is 2.03. The van der Waals surface area contributed by atoms with Crippen molar-refractivity contribution < 1.29 is 24.2 Å². The van der Waals surface area contributed by atoms with Gasteiger partial charge in [0.2, 0.25) is 5.91 Å². The van der Waals surface area contributed by atoms with Crippen molar-refractivity contribution in [2.45, 2.75) is 31.1 Å². The number of benzene rings is 3. The van der Waals surface area contributed by atoms with Crippen LogP contribution in [-0.2, 0) is 9.59 Å². The third-order valence-electron chi connectivity index (χ3n) is 6.51. The molecular weight excluding hydrogens is 516 g/mol. The first-order valence-corrected chi connectivity index (χ1v) is 13.2. The molecule has 0 saturated heterocycles. The van der Waals surface area contributed by atoms with Gasteiger partial charge in [0, 0.05) is 18.5 Å². The van der Waals surface area contributed by atoms with Crippen molar-refractivity contribution in [3.05, 3.63) is 95.1 Å². The van der Waals surface area contributed by atoms with Crippen LogP contribution in [0.2, 0.25) is 0 Å². The summed E-state index contributed by atoms with van der Waals surface area (Å²) in [6, 6.07) is 21.6. The number of amidine groups is 1. The highest BCUT2D eigenvalue weighted by molar-refractivity contribution is 8.15. The van der Waals surface area contributed by atoms with Gasteiger partial charge in [0.15, 0.2) is 5.17 Å². The number of carbonyl (C=O) groups excluding carboxylic acids is 2. The molecule has 2 N–H and O–H groups in total. The van der Waals surface area contributed by atoms with Crippen LogP contribution in [-0.4, -0.2) is 51.1 Å². The fourth-order valence-electron chi connectivity index (χ4n) is 4.37. The molecular formula is C29H26N4O5S. The van der Waals surface area contributed by atoms with Gasteiger partial charge in [0.1, 0.15) is 11.0 Å². The van der Waals surface area contributed by atoms with Gasteiger partial charge < -0.3 is 15.2 Å². The Morgan fingerprint density at radius 3 is 2.38 bits per heavy atom. The van der Waals surface area contributed by atoms with Crippen molar-refractivity contribution >= 4 is 46.1 Å². The molecule has 0 fully saturated rings. The number of nitrogens with one attached hydrogen (secondary N) is 1. The van der Waals surface area contributed by atoms with E-state index in [4.69, 9.17) is 14.9 Å². The second-order valence-electron chi connectivity index (χ2n) is 9.22. The van der Waals surface area contributed by atoms with Gasteiger partial charge in [-0.25, -0.2) is 9.80 Å². The molecule has 2 amide bonds. The Hall–Kier alpha value is -4.44. The van der Waals surface area contributed by atoms with Crippen LogP contribution >= 0.6 is 11.8 Å². The number of ether oxygens (including phenoxy) is 1. The molecule has 3 aromatic carbocycles. The maximum Gasteiger partial charge on any atom is 0.335 e. The summed E-state index contributed by atoms with van der Waals surface area (Å²) < 4.78 is 5.31. The normalized spacial score (nSPS) is 18.5. The number of thioether (sulfide) groups is 1. The highest BCUT2D eigenvalue weighted by atomic mass is 32.2. The molecule has 39 heavy (non-hydrogen) atoms. The van der Waals surface area contributed by atoms with Gasteiger partial charge in [0.05, 0.1) is 24.4 Å². The van der Waals surface area contributed by atoms with Crippen molar-refractivity contribution in [3.63, 3.8) is 0 Å². The van der Waals surface area contributed by atoms with Gasteiger partial charge in [0.25, 0.3) is 5.91 Å². The Kier molecular flexibility index (Phi) is 7.47. The van der Waals surface area contributed by atoms with Crippen LogP contribution in [0.25, 0.3) is 0 Å². The smallest absolute Gasteiger partial charge is 0.335 e. The average Bonchev–Trinajstić information content (AvgIpc) is 3.53. The summed E-state index contributed by atoms with van der Waals surface area (Å²) in [5.74, 6) is -1.06. The maximum absolute atomic E-state index is 12.8. The molecule has 5 rings (SSSR count). The molecule has 0 radical (unpaired) electrons. The molecule has 0 bridgehead atoms. The topological polar surface area (TPSA) is 121 Å². The second-order valence-corrected chi connectivity index (χ2v) is 10.4. The number of rotatable bonds is 7. The number of aliphatic imine (C=N–C) groups is 1. The number of amides is 2. The number of aromatic carboxylic acids is 1. The zero-order valence-electron chi connectivity index (χ0n) is 21.3. The van der Waals surface area contributed by atoms with E-state index in [9.17, 15) is 14.4 Å². The third-order valence-corrected chi connectivity index (χ3v) is 7.65. The molecule has 0 unspecified atom stereocenters. The fraction of sp³-hybridized carbons (Fsp3) is 0.207. The first-order valence-electron chi connectivity index (χ1n) is 12.3. The number of aryl methyl sites for hydroxylation is 1. The van der Waals surface area contributed by atoms with Gasteiger partial charge >= 0.3 is 5.97 Å². The van der Waals surface area contributed by atoms with Crippen LogP contribution in [0.5, 0.6) is 5.75 Å². The lowest BCUT2D eigenvalue weighted by atomic mass is 9.98.